The Balaban J connectivity index is 0.00000100. The second-order valence-corrected chi connectivity index (χ2v) is 5.41. The Hall–Kier alpha value is -2.27. The van der Waals surface area contributed by atoms with Crippen LogP contribution < -0.4 is 20.5 Å². The van der Waals surface area contributed by atoms with E-state index in [1.807, 2.05) is 38.1 Å². The van der Waals surface area contributed by atoms with Gasteiger partial charge in [0.15, 0.2) is 0 Å². The Morgan fingerprint density at radius 3 is 2.67 bits per heavy atom. The van der Waals surface area contributed by atoms with Crippen LogP contribution in [-0.2, 0) is 13.0 Å². The minimum absolute atomic E-state index is 0.137. The monoisotopic (exact) mass is 329 g/mol. The third kappa shape index (κ3) is 3.97. The standard InChI is InChI=1S/C17H21N3O2.C2H6/c1-21-12-4-3-11(16(9-12)22-2)10-19-17-8-5-13-14(18)6-7-15(13)20-17;1-2/h3-5,8-9,14H,6-7,10,18H2,1-2H3,(H,19,20);1-2H3/t14-;/m1./s1. The molecule has 0 fully saturated rings. The minimum Gasteiger partial charge on any atom is -0.497 e. The fraction of sp³-hybridized carbons (Fsp3) is 0.421. The smallest absolute Gasteiger partial charge is 0.127 e. The molecule has 5 heteroatoms. The van der Waals surface area contributed by atoms with Crippen molar-refractivity contribution in [1.29, 1.82) is 0 Å². The van der Waals surface area contributed by atoms with Gasteiger partial charge in [-0.25, -0.2) is 4.98 Å². The van der Waals surface area contributed by atoms with Gasteiger partial charge in [0.1, 0.15) is 17.3 Å². The van der Waals surface area contributed by atoms with E-state index in [1.165, 1.54) is 5.56 Å². The van der Waals surface area contributed by atoms with Gasteiger partial charge in [0.25, 0.3) is 0 Å². The highest BCUT2D eigenvalue weighted by Crippen LogP contribution is 2.29. The molecule has 3 N–H and O–H groups in total. The van der Waals surface area contributed by atoms with Gasteiger partial charge in [-0.05, 0) is 36.6 Å². The van der Waals surface area contributed by atoms with E-state index in [0.717, 1.165) is 41.4 Å². The highest BCUT2D eigenvalue weighted by atomic mass is 16.5. The molecule has 0 aliphatic heterocycles. The molecule has 1 aliphatic rings. The predicted molar refractivity (Wildman–Crippen MR) is 97.7 cm³/mol. The topological polar surface area (TPSA) is 69.4 Å². The number of aromatic nitrogens is 1. The van der Waals surface area contributed by atoms with Crippen molar-refractivity contribution in [3.63, 3.8) is 0 Å². The molecule has 1 aromatic carbocycles. The molecule has 24 heavy (non-hydrogen) atoms. The summed E-state index contributed by atoms with van der Waals surface area (Å²) in [6.45, 7) is 4.64. The highest BCUT2D eigenvalue weighted by molar-refractivity contribution is 5.45. The Bertz CT molecular complexity index is 674. The summed E-state index contributed by atoms with van der Waals surface area (Å²) in [5.41, 5.74) is 9.38. The first kappa shape index (κ1) is 18.1. The van der Waals surface area contributed by atoms with Crippen LogP contribution in [0, 0.1) is 0 Å². The second kappa shape index (κ2) is 8.55. The number of nitrogens with one attached hydrogen (secondary N) is 1. The third-order valence-electron chi connectivity index (χ3n) is 4.06. The fourth-order valence-corrected chi connectivity index (χ4v) is 2.78. The summed E-state index contributed by atoms with van der Waals surface area (Å²) in [6, 6.07) is 10.0. The van der Waals surface area contributed by atoms with Gasteiger partial charge < -0.3 is 20.5 Å². The molecule has 0 unspecified atom stereocenters. The number of hydrogen-bond donors (Lipinski definition) is 2. The molecular weight excluding hydrogens is 302 g/mol. The number of methoxy groups -OCH3 is 2. The van der Waals surface area contributed by atoms with Crippen LogP contribution >= 0.6 is 0 Å². The van der Waals surface area contributed by atoms with Crippen LogP contribution in [0.25, 0.3) is 0 Å². The second-order valence-electron chi connectivity index (χ2n) is 5.41. The van der Waals surface area contributed by atoms with Crippen LogP contribution in [0.4, 0.5) is 5.82 Å². The zero-order valence-electron chi connectivity index (χ0n) is 14.9. The number of hydrogen-bond acceptors (Lipinski definition) is 5. The SMILES string of the molecule is CC.COc1ccc(CNc2ccc3c(n2)CC[C@H]3N)c(OC)c1. The normalized spacial score (nSPS) is 15.1. The first-order valence-electron chi connectivity index (χ1n) is 8.41. The zero-order valence-corrected chi connectivity index (χ0v) is 14.9. The van der Waals surface area contributed by atoms with E-state index in [2.05, 4.69) is 16.4 Å². The number of nitrogens with zero attached hydrogens (tertiary/aromatic N) is 1. The quantitative estimate of drug-likeness (QED) is 0.875. The molecule has 1 heterocycles. The van der Waals surface area contributed by atoms with Crippen molar-refractivity contribution >= 4 is 5.82 Å². The van der Waals surface area contributed by atoms with Gasteiger partial charge in [-0.2, -0.15) is 0 Å². The van der Waals surface area contributed by atoms with Crippen molar-refractivity contribution in [3.05, 3.63) is 47.2 Å². The summed E-state index contributed by atoms with van der Waals surface area (Å²) in [5.74, 6) is 2.45. The fourth-order valence-electron chi connectivity index (χ4n) is 2.78. The molecular formula is C19H27N3O2. The summed E-state index contributed by atoms with van der Waals surface area (Å²) in [6.07, 6.45) is 1.94. The Morgan fingerprint density at radius 2 is 1.96 bits per heavy atom. The molecule has 1 atom stereocenters. The number of rotatable bonds is 5. The van der Waals surface area contributed by atoms with Crippen molar-refractivity contribution in [2.75, 3.05) is 19.5 Å². The van der Waals surface area contributed by atoms with Crippen LogP contribution in [0.15, 0.2) is 30.3 Å². The van der Waals surface area contributed by atoms with Gasteiger partial charge in [0.2, 0.25) is 0 Å². The Labute approximate surface area is 144 Å². The van der Waals surface area contributed by atoms with E-state index in [-0.39, 0.29) is 6.04 Å². The lowest BCUT2D eigenvalue weighted by molar-refractivity contribution is 0.391. The maximum absolute atomic E-state index is 6.04. The van der Waals surface area contributed by atoms with Gasteiger partial charge in [0, 0.05) is 29.9 Å². The van der Waals surface area contributed by atoms with E-state index in [1.54, 1.807) is 14.2 Å². The van der Waals surface area contributed by atoms with Crippen LogP contribution in [0.1, 0.15) is 43.1 Å². The molecule has 1 aromatic heterocycles. The average molecular weight is 329 g/mol. The predicted octanol–water partition coefficient (Wildman–Crippen LogP) is 3.68. The minimum atomic E-state index is 0.137. The average Bonchev–Trinajstić information content (AvgIpc) is 3.02. The maximum atomic E-state index is 6.04. The summed E-state index contributed by atoms with van der Waals surface area (Å²) in [4.78, 5) is 4.65. The molecule has 2 aromatic rings. The summed E-state index contributed by atoms with van der Waals surface area (Å²) >= 11 is 0. The van der Waals surface area contributed by atoms with Crippen LogP contribution in [-0.4, -0.2) is 19.2 Å². The number of fused-ring (bicyclic) bond motifs is 1. The van der Waals surface area contributed by atoms with E-state index in [4.69, 9.17) is 15.2 Å². The van der Waals surface area contributed by atoms with E-state index >= 15 is 0 Å². The van der Waals surface area contributed by atoms with Crippen molar-refractivity contribution in [2.45, 2.75) is 39.3 Å². The van der Waals surface area contributed by atoms with E-state index < -0.39 is 0 Å². The van der Waals surface area contributed by atoms with Crippen LogP contribution in [0.3, 0.4) is 0 Å². The van der Waals surface area contributed by atoms with Gasteiger partial charge in [-0.3, -0.25) is 0 Å². The molecule has 3 rings (SSSR count). The van der Waals surface area contributed by atoms with Crippen molar-refractivity contribution in [1.82, 2.24) is 4.98 Å². The molecule has 0 amide bonds. The number of pyridine rings is 1. The first-order valence-corrected chi connectivity index (χ1v) is 8.41. The lowest BCUT2D eigenvalue weighted by atomic mass is 10.1. The number of nitrogens with two attached hydrogens (primary N) is 1. The number of benzene rings is 1. The van der Waals surface area contributed by atoms with Gasteiger partial charge in [0.05, 0.1) is 14.2 Å². The number of anilines is 1. The lowest BCUT2D eigenvalue weighted by Gasteiger charge is -2.12. The third-order valence-corrected chi connectivity index (χ3v) is 4.06. The van der Waals surface area contributed by atoms with E-state index in [0.29, 0.717) is 6.54 Å². The molecule has 0 radical (unpaired) electrons. The summed E-state index contributed by atoms with van der Waals surface area (Å²) in [5, 5.41) is 3.34. The first-order chi connectivity index (χ1) is 11.7. The Morgan fingerprint density at radius 1 is 1.17 bits per heavy atom. The van der Waals surface area contributed by atoms with Crippen LogP contribution in [0.2, 0.25) is 0 Å². The van der Waals surface area contributed by atoms with Gasteiger partial charge >= 0.3 is 0 Å². The zero-order chi connectivity index (χ0) is 17.5. The number of ether oxygens (including phenoxy) is 2. The largest absolute Gasteiger partial charge is 0.497 e. The molecule has 130 valence electrons. The molecule has 1 aliphatic carbocycles. The lowest BCUT2D eigenvalue weighted by Crippen LogP contribution is -2.07. The highest BCUT2D eigenvalue weighted by Gasteiger charge is 2.20. The molecule has 0 bridgehead atoms. The van der Waals surface area contributed by atoms with Crippen molar-refractivity contribution in [2.24, 2.45) is 5.73 Å². The molecule has 0 spiro atoms. The van der Waals surface area contributed by atoms with Gasteiger partial charge in [-0.1, -0.05) is 19.9 Å². The molecule has 5 nitrogen and oxygen atoms in total. The van der Waals surface area contributed by atoms with Crippen LogP contribution in [0.5, 0.6) is 11.5 Å². The summed E-state index contributed by atoms with van der Waals surface area (Å²) in [7, 11) is 3.30. The molecule has 0 saturated heterocycles. The molecule has 0 saturated carbocycles. The van der Waals surface area contributed by atoms with Gasteiger partial charge in [-0.15, -0.1) is 0 Å². The van der Waals surface area contributed by atoms with E-state index in [9.17, 15) is 0 Å². The summed E-state index contributed by atoms with van der Waals surface area (Å²) < 4.78 is 10.6. The van der Waals surface area contributed by atoms with Crippen molar-refractivity contribution < 1.29 is 9.47 Å². The number of aryl methyl sites for hydroxylation is 1. The maximum Gasteiger partial charge on any atom is 0.127 e. The Kier molecular flexibility index (Phi) is 6.44. The van der Waals surface area contributed by atoms with Crippen molar-refractivity contribution in [3.8, 4) is 11.5 Å².